The Morgan fingerprint density at radius 2 is 1.93 bits per heavy atom. The van der Waals surface area contributed by atoms with Crippen molar-refractivity contribution in [3.8, 4) is 17.2 Å². The van der Waals surface area contributed by atoms with Crippen molar-refractivity contribution in [1.82, 2.24) is 10.2 Å². The van der Waals surface area contributed by atoms with E-state index in [2.05, 4.69) is 12.2 Å². The maximum Gasteiger partial charge on any atom is 0.317 e. The molecule has 0 spiro atoms. The van der Waals surface area contributed by atoms with Crippen LogP contribution in [-0.2, 0) is 0 Å². The van der Waals surface area contributed by atoms with Gasteiger partial charge in [-0.05, 0) is 56.0 Å². The Balaban J connectivity index is 1.26. The van der Waals surface area contributed by atoms with E-state index in [1.807, 2.05) is 47.4 Å². The van der Waals surface area contributed by atoms with E-state index in [1.54, 1.807) is 0 Å². The zero-order chi connectivity index (χ0) is 20.1. The molecule has 154 valence electrons. The first kappa shape index (κ1) is 19.4. The summed E-state index contributed by atoms with van der Waals surface area (Å²) >= 11 is 0. The molecule has 2 amide bonds. The molecule has 2 aromatic rings. The van der Waals surface area contributed by atoms with Crippen LogP contribution < -0.4 is 19.5 Å². The fourth-order valence-corrected chi connectivity index (χ4v) is 3.82. The number of ether oxygens (including phenoxy) is 3. The van der Waals surface area contributed by atoms with Crippen LogP contribution in [0.25, 0.3) is 0 Å². The van der Waals surface area contributed by atoms with Gasteiger partial charge in [0.05, 0.1) is 12.6 Å². The molecule has 6 heteroatoms. The fraction of sp³-hybridized carbons (Fsp3) is 0.435. The van der Waals surface area contributed by atoms with E-state index < -0.39 is 0 Å². The van der Waals surface area contributed by atoms with Gasteiger partial charge in [-0.25, -0.2) is 4.79 Å². The summed E-state index contributed by atoms with van der Waals surface area (Å²) in [6.07, 6.45) is 2.73. The first-order valence-corrected chi connectivity index (χ1v) is 10.3. The molecule has 4 rings (SSSR count). The van der Waals surface area contributed by atoms with Crippen LogP contribution in [0.15, 0.2) is 42.5 Å². The number of benzene rings is 2. The number of carbonyl (C=O) groups excluding carboxylic acids is 1. The molecule has 1 N–H and O–H groups in total. The first-order valence-electron chi connectivity index (χ1n) is 10.3. The zero-order valence-corrected chi connectivity index (χ0v) is 16.9. The van der Waals surface area contributed by atoms with Crippen molar-refractivity contribution in [1.29, 1.82) is 0 Å². The number of nitrogens with one attached hydrogen (secondary N) is 1. The van der Waals surface area contributed by atoms with Gasteiger partial charge in [-0.15, -0.1) is 0 Å². The SMILES string of the molecule is Cc1ccc(OCCCNC(=O)N2CCCC2c2ccc3c(c2)OCCO3)cc1. The highest BCUT2D eigenvalue weighted by Crippen LogP contribution is 2.38. The monoisotopic (exact) mass is 396 g/mol. The topological polar surface area (TPSA) is 60.0 Å². The lowest BCUT2D eigenvalue weighted by atomic mass is 10.0. The van der Waals surface area contributed by atoms with Gasteiger partial charge in [0.15, 0.2) is 11.5 Å². The first-order chi connectivity index (χ1) is 14.2. The molecule has 2 aliphatic heterocycles. The molecule has 29 heavy (non-hydrogen) atoms. The van der Waals surface area contributed by atoms with Gasteiger partial charge in [0.1, 0.15) is 19.0 Å². The number of amides is 2. The Morgan fingerprint density at radius 3 is 2.76 bits per heavy atom. The Labute approximate surface area is 171 Å². The summed E-state index contributed by atoms with van der Waals surface area (Å²) < 4.78 is 17.0. The summed E-state index contributed by atoms with van der Waals surface area (Å²) in [5.41, 5.74) is 2.31. The number of hydrogen-bond acceptors (Lipinski definition) is 4. The van der Waals surface area contributed by atoms with Crippen molar-refractivity contribution >= 4 is 6.03 Å². The lowest BCUT2D eigenvalue weighted by Gasteiger charge is -2.27. The molecule has 0 radical (unpaired) electrons. The van der Waals surface area contributed by atoms with Crippen molar-refractivity contribution in [3.05, 3.63) is 53.6 Å². The molecule has 6 nitrogen and oxygen atoms in total. The standard InChI is InChI=1S/C23H28N2O4/c1-17-5-8-19(9-6-17)27-13-3-11-24-23(26)25-12-2-4-20(25)18-7-10-21-22(16-18)29-15-14-28-21/h5-10,16,20H,2-4,11-15H2,1H3,(H,24,26). The third-order valence-corrected chi connectivity index (χ3v) is 5.35. The molecule has 2 aliphatic rings. The van der Waals surface area contributed by atoms with Crippen molar-refractivity contribution < 1.29 is 19.0 Å². The van der Waals surface area contributed by atoms with Crippen LogP contribution >= 0.6 is 0 Å². The molecular weight excluding hydrogens is 368 g/mol. The normalized spacial score (nSPS) is 17.8. The van der Waals surface area contributed by atoms with Gasteiger partial charge in [0.2, 0.25) is 0 Å². The Bertz CT molecular complexity index is 837. The minimum absolute atomic E-state index is 0.0160. The second-order valence-electron chi connectivity index (χ2n) is 7.50. The number of aryl methyl sites for hydroxylation is 1. The Morgan fingerprint density at radius 1 is 1.14 bits per heavy atom. The molecule has 0 aromatic heterocycles. The van der Waals surface area contributed by atoms with E-state index in [9.17, 15) is 4.79 Å². The summed E-state index contributed by atoms with van der Waals surface area (Å²) in [6.45, 7) is 5.14. The van der Waals surface area contributed by atoms with Gasteiger partial charge < -0.3 is 24.4 Å². The zero-order valence-electron chi connectivity index (χ0n) is 16.9. The molecular formula is C23H28N2O4. The number of rotatable bonds is 6. The lowest BCUT2D eigenvalue weighted by molar-refractivity contribution is 0.170. The smallest absolute Gasteiger partial charge is 0.317 e. The lowest BCUT2D eigenvalue weighted by Crippen LogP contribution is -2.40. The number of hydrogen-bond donors (Lipinski definition) is 1. The van der Waals surface area contributed by atoms with Crippen LogP contribution in [0.3, 0.4) is 0 Å². The third-order valence-electron chi connectivity index (χ3n) is 5.35. The van der Waals surface area contributed by atoms with Gasteiger partial charge in [-0.1, -0.05) is 23.8 Å². The van der Waals surface area contributed by atoms with E-state index in [1.165, 1.54) is 5.56 Å². The van der Waals surface area contributed by atoms with Gasteiger partial charge in [0.25, 0.3) is 0 Å². The Kier molecular flexibility index (Phi) is 6.08. The van der Waals surface area contributed by atoms with Gasteiger partial charge >= 0.3 is 6.03 Å². The number of nitrogens with zero attached hydrogens (tertiary/aromatic N) is 1. The molecule has 0 bridgehead atoms. The molecule has 1 atom stereocenters. The van der Waals surface area contributed by atoms with Crippen LogP contribution in [0.1, 0.15) is 36.4 Å². The second-order valence-corrected chi connectivity index (χ2v) is 7.50. The molecule has 2 heterocycles. The number of likely N-dealkylation sites (tertiary alicyclic amines) is 1. The highest BCUT2D eigenvalue weighted by atomic mass is 16.6. The summed E-state index contributed by atoms with van der Waals surface area (Å²) in [7, 11) is 0. The van der Waals surface area contributed by atoms with Gasteiger partial charge in [-0.3, -0.25) is 0 Å². The number of urea groups is 1. The van der Waals surface area contributed by atoms with Crippen LogP contribution in [-0.4, -0.2) is 43.8 Å². The minimum atomic E-state index is -0.0160. The Hall–Kier alpha value is -2.89. The molecule has 1 unspecified atom stereocenters. The number of fused-ring (bicyclic) bond motifs is 1. The summed E-state index contributed by atoms with van der Waals surface area (Å²) in [5.74, 6) is 2.41. The molecule has 1 fully saturated rings. The van der Waals surface area contributed by atoms with E-state index in [4.69, 9.17) is 14.2 Å². The van der Waals surface area contributed by atoms with Crippen molar-refractivity contribution in [2.75, 3.05) is 32.9 Å². The van der Waals surface area contributed by atoms with Gasteiger partial charge in [-0.2, -0.15) is 0 Å². The third kappa shape index (κ3) is 4.75. The minimum Gasteiger partial charge on any atom is -0.494 e. The number of carbonyl (C=O) groups is 1. The fourth-order valence-electron chi connectivity index (χ4n) is 3.82. The average Bonchev–Trinajstić information content (AvgIpc) is 3.24. The maximum absolute atomic E-state index is 12.7. The van der Waals surface area contributed by atoms with Crippen LogP contribution in [0.2, 0.25) is 0 Å². The van der Waals surface area contributed by atoms with E-state index in [0.717, 1.165) is 48.6 Å². The largest absolute Gasteiger partial charge is 0.494 e. The van der Waals surface area contributed by atoms with Crippen LogP contribution in [0.5, 0.6) is 17.2 Å². The van der Waals surface area contributed by atoms with E-state index in [-0.39, 0.29) is 12.1 Å². The molecule has 1 saturated heterocycles. The summed E-state index contributed by atoms with van der Waals surface area (Å²) in [4.78, 5) is 14.6. The molecule has 0 saturated carbocycles. The van der Waals surface area contributed by atoms with E-state index in [0.29, 0.717) is 26.4 Å². The molecule has 2 aromatic carbocycles. The average molecular weight is 396 g/mol. The van der Waals surface area contributed by atoms with Crippen molar-refractivity contribution in [2.24, 2.45) is 0 Å². The van der Waals surface area contributed by atoms with Crippen molar-refractivity contribution in [2.45, 2.75) is 32.2 Å². The summed E-state index contributed by atoms with van der Waals surface area (Å²) in [6, 6.07) is 14.1. The predicted octanol–water partition coefficient (Wildman–Crippen LogP) is 4.08. The molecule has 0 aliphatic carbocycles. The maximum atomic E-state index is 12.7. The van der Waals surface area contributed by atoms with Crippen LogP contribution in [0.4, 0.5) is 4.79 Å². The van der Waals surface area contributed by atoms with Crippen molar-refractivity contribution in [3.63, 3.8) is 0 Å². The quantitative estimate of drug-likeness (QED) is 0.748. The second kappa shape index (κ2) is 9.07. The highest BCUT2D eigenvalue weighted by Gasteiger charge is 2.30. The summed E-state index contributed by atoms with van der Waals surface area (Å²) in [5, 5.41) is 3.03. The van der Waals surface area contributed by atoms with E-state index >= 15 is 0 Å². The van der Waals surface area contributed by atoms with Gasteiger partial charge in [0, 0.05) is 13.1 Å². The highest BCUT2D eigenvalue weighted by molar-refractivity contribution is 5.75. The van der Waals surface area contributed by atoms with Crippen LogP contribution in [0, 0.1) is 6.92 Å². The predicted molar refractivity (Wildman–Crippen MR) is 111 cm³/mol.